The lowest BCUT2D eigenvalue weighted by atomic mass is 9.82. The molecule has 0 atom stereocenters. The molecule has 0 unspecified atom stereocenters. The largest absolute Gasteiger partial charge is 0.311 e. The molecule has 0 spiro atoms. The van der Waals surface area contributed by atoms with Crippen molar-refractivity contribution in [1.82, 2.24) is 0 Å². The molecule has 12 aromatic carbocycles. The molecular weight excluding hydrogens is 993 g/mol. The Bertz CT molecular complexity index is 3870. The topological polar surface area (TPSA) is 13.0 Å². The van der Waals surface area contributed by atoms with E-state index in [9.17, 15) is 0 Å². The normalized spacial score (nSPS) is 13.1. The molecule has 0 bridgehead atoms. The number of fused-ring (bicyclic) bond motifs is 6. The van der Waals surface area contributed by atoms with Crippen molar-refractivity contribution < 1.29 is 0 Å². The first-order valence-electron chi connectivity index (χ1n) is 28.5. The van der Waals surface area contributed by atoms with Crippen LogP contribution in [0.25, 0.3) is 33.4 Å². The van der Waals surface area contributed by atoms with Crippen LogP contribution in [0.15, 0.2) is 303 Å². The molecule has 394 valence electrons. The molecule has 0 aliphatic heterocycles. The van der Waals surface area contributed by atoms with Gasteiger partial charge in [-0.2, -0.15) is 0 Å². The second-order valence-electron chi connectivity index (χ2n) is 22.6. The Hall–Kier alpha value is -10.2. The SMILES string of the molecule is CC1(C)c2ccccc2-c2ccc(N(c3ccc(-c4ccc(N(c5ccc(N(c6ccccc6)c6ccccc6)cc5)c5ccc6c(c5)C(C)(C)c5ccccc5-6)cc4)cc3)c3ccc(N(c4ccccc4)c4ccccc4)cc3)cc21. The van der Waals surface area contributed by atoms with Crippen LogP contribution in [0.5, 0.6) is 0 Å². The lowest BCUT2D eigenvalue weighted by molar-refractivity contribution is 0.660. The van der Waals surface area contributed by atoms with Gasteiger partial charge >= 0.3 is 0 Å². The van der Waals surface area contributed by atoms with Crippen molar-refractivity contribution >= 4 is 68.2 Å². The van der Waals surface area contributed by atoms with Crippen molar-refractivity contribution in [2.75, 3.05) is 19.6 Å². The molecule has 0 heterocycles. The van der Waals surface area contributed by atoms with Gasteiger partial charge < -0.3 is 19.6 Å². The third kappa shape index (κ3) is 8.81. The van der Waals surface area contributed by atoms with Crippen LogP contribution in [0.2, 0.25) is 0 Å². The predicted molar refractivity (Wildman–Crippen MR) is 346 cm³/mol. The van der Waals surface area contributed by atoms with Gasteiger partial charge in [0, 0.05) is 79.1 Å². The number of nitrogens with zero attached hydrogens (tertiary/aromatic N) is 4. The molecule has 0 amide bonds. The van der Waals surface area contributed by atoms with Crippen LogP contribution in [-0.4, -0.2) is 0 Å². The monoisotopic (exact) mass is 1050 g/mol. The van der Waals surface area contributed by atoms with Crippen molar-refractivity contribution in [1.29, 1.82) is 0 Å². The lowest BCUT2D eigenvalue weighted by Crippen LogP contribution is -2.16. The van der Waals surface area contributed by atoms with Gasteiger partial charge in [0.1, 0.15) is 0 Å². The maximum atomic E-state index is 2.42. The summed E-state index contributed by atoms with van der Waals surface area (Å²) in [6.07, 6.45) is 0. The van der Waals surface area contributed by atoms with Gasteiger partial charge in [0.2, 0.25) is 0 Å². The van der Waals surface area contributed by atoms with Gasteiger partial charge in [-0.3, -0.25) is 0 Å². The van der Waals surface area contributed by atoms with Crippen LogP contribution in [0.3, 0.4) is 0 Å². The van der Waals surface area contributed by atoms with E-state index in [4.69, 9.17) is 0 Å². The molecule has 12 aromatic rings. The average molecular weight is 1060 g/mol. The molecule has 0 aromatic heterocycles. The van der Waals surface area contributed by atoms with Crippen molar-refractivity contribution in [2.45, 2.75) is 38.5 Å². The van der Waals surface area contributed by atoms with E-state index in [1.54, 1.807) is 0 Å². The third-order valence-electron chi connectivity index (χ3n) is 17.0. The summed E-state index contributed by atoms with van der Waals surface area (Å²) in [5.74, 6) is 0. The van der Waals surface area contributed by atoms with Crippen LogP contribution < -0.4 is 19.6 Å². The number of benzene rings is 12. The molecule has 0 radical (unpaired) electrons. The summed E-state index contributed by atoms with van der Waals surface area (Å²) in [7, 11) is 0. The zero-order chi connectivity index (χ0) is 55.4. The maximum Gasteiger partial charge on any atom is 0.0465 e. The summed E-state index contributed by atoms with van der Waals surface area (Å²) in [6, 6.07) is 110. The molecule has 82 heavy (non-hydrogen) atoms. The van der Waals surface area contributed by atoms with Crippen LogP contribution in [0, 0.1) is 0 Å². The molecule has 4 heteroatoms. The van der Waals surface area contributed by atoms with E-state index in [1.807, 2.05) is 0 Å². The first-order chi connectivity index (χ1) is 40.2. The number of hydrogen-bond acceptors (Lipinski definition) is 4. The Labute approximate surface area is 482 Å². The number of rotatable bonds is 13. The van der Waals surface area contributed by atoms with Crippen molar-refractivity contribution in [3.8, 4) is 33.4 Å². The maximum absolute atomic E-state index is 2.42. The highest BCUT2D eigenvalue weighted by Crippen LogP contribution is 2.53. The van der Waals surface area contributed by atoms with E-state index in [2.05, 4.69) is 351 Å². The summed E-state index contributed by atoms with van der Waals surface area (Å²) in [5.41, 5.74) is 25.8. The van der Waals surface area contributed by atoms with E-state index in [0.29, 0.717) is 0 Å². The van der Waals surface area contributed by atoms with Crippen LogP contribution in [0.4, 0.5) is 68.2 Å². The summed E-state index contributed by atoms with van der Waals surface area (Å²) in [5, 5.41) is 0. The highest BCUT2D eigenvalue weighted by molar-refractivity contribution is 5.89. The summed E-state index contributed by atoms with van der Waals surface area (Å²) in [6.45, 7) is 9.43. The van der Waals surface area contributed by atoms with Gasteiger partial charge in [-0.15, -0.1) is 0 Å². The second-order valence-corrected chi connectivity index (χ2v) is 22.6. The fourth-order valence-electron chi connectivity index (χ4n) is 12.9. The number of para-hydroxylation sites is 4. The van der Waals surface area contributed by atoms with Crippen LogP contribution in [-0.2, 0) is 10.8 Å². The van der Waals surface area contributed by atoms with Gasteiger partial charge in [0.05, 0.1) is 0 Å². The van der Waals surface area contributed by atoms with Crippen molar-refractivity contribution in [2.24, 2.45) is 0 Å². The molecule has 14 rings (SSSR count). The minimum Gasteiger partial charge on any atom is -0.311 e. The van der Waals surface area contributed by atoms with Crippen LogP contribution in [0.1, 0.15) is 49.9 Å². The molecule has 0 N–H and O–H groups in total. The summed E-state index contributed by atoms with van der Waals surface area (Å²) >= 11 is 0. The second kappa shape index (κ2) is 20.5. The third-order valence-corrected chi connectivity index (χ3v) is 17.0. The standard InChI is InChI=1S/C78H62N4/c1-77(2)73-31-19-17-29-69(73)71-51-49-67(53-75(71)77)81(65-45-41-63(42-46-65)79(57-21-9-5-10-22-57)58-23-11-6-12-24-58)61-37-33-55(34-38-61)56-35-39-62(40-36-56)82(68-50-52-72-70-30-18-20-32-74(70)78(3,4)76(72)54-68)66-47-43-64(44-48-66)80(59-25-13-7-14-26-59)60-27-15-8-16-28-60/h5-54H,1-4H3. The van der Waals surface area contributed by atoms with Gasteiger partial charge in [0.15, 0.2) is 0 Å². The van der Waals surface area contributed by atoms with Crippen molar-refractivity contribution in [3.63, 3.8) is 0 Å². The first kappa shape index (κ1) is 50.1. The summed E-state index contributed by atoms with van der Waals surface area (Å²) in [4.78, 5) is 9.45. The minimum atomic E-state index is -0.146. The molecule has 0 fully saturated rings. The van der Waals surface area contributed by atoms with E-state index in [-0.39, 0.29) is 10.8 Å². The number of hydrogen-bond donors (Lipinski definition) is 0. The Kier molecular flexibility index (Phi) is 12.5. The Balaban J connectivity index is 0.825. The quantitative estimate of drug-likeness (QED) is 0.114. The Morgan fingerprint density at radius 2 is 0.390 bits per heavy atom. The van der Waals surface area contributed by atoms with Gasteiger partial charge in [0.25, 0.3) is 0 Å². The fraction of sp³-hybridized carbons (Fsp3) is 0.0769. The number of anilines is 12. The molecule has 0 saturated carbocycles. The van der Waals surface area contributed by atoms with E-state index >= 15 is 0 Å². The van der Waals surface area contributed by atoms with E-state index < -0.39 is 0 Å². The first-order valence-corrected chi connectivity index (χ1v) is 28.5. The predicted octanol–water partition coefficient (Wildman–Crippen LogP) is 21.8. The fourth-order valence-corrected chi connectivity index (χ4v) is 12.9. The van der Waals surface area contributed by atoms with E-state index in [0.717, 1.165) is 79.4 Å². The molecule has 0 saturated heterocycles. The molecule has 4 nitrogen and oxygen atoms in total. The lowest BCUT2D eigenvalue weighted by Gasteiger charge is -2.30. The van der Waals surface area contributed by atoms with Crippen molar-refractivity contribution in [3.05, 3.63) is 326 Å². The zero-order valence-electron chi connectivity index (χ0n) is 46.7. The summed E-state index contributed by atoms with van der Waals surface area (Å²) < 4.78 is 0. The average Bonchev–Trinajstić information content (AvgIpc) is 4.14. The van der Waals surface area contributed by atoms with Gasteiger partial charge in [-0.1, -0.05) is 185 Å². The zero-order valence-corrected chi connectivity index (χ0v) is 46.7. The Morgan fingerprint density at radius 1 is 0.183 bits per heavy atom. The Morgan fingerprint density at radius 3 is 0.683 bits per heavy atom. The molecule has 2 aliphatic rings. The smallest absolute Gasteiger partial charge is 0.0465 e. The van der Waals surface area contributed by atoms with Crippen LogP contribution >= 0.6 is 0 Å². The highest BCUT2D eigenvalue weighted by atomic mass is 15.2. The molecule has 2 aliphatic carbocycles. The highest BCUT2D eigenvalue weighted by Gasteiger charge is 2.37. The molecular formula is C78H62N4. The van der Waals surface area contributed by atoms with Gasteiger partial charge in [-0.25, -0.2) is 0 Å². The van der Waals surface area contributed by atoms with Gasteiger partial charge in [-0.05, 0) is 201 Å². The van der Waals surface area contributed by atoms with E-state index in [1.165, 1.54) is 44.5 Å². The minimum absolute atomic E-state index is 0.146.